The van der Waals surface area contributed by atoms with Crippen molar-refractivity contribution in [1.82, 2.24) is 20.4 Å². The molecule has 32 heavy (non-hydrogen) atoms. The molecule has 1 N–H and O–H groups in total. The zero-order chi connectivity index (χ0) is 22.3. The summed E-state index contributed by atoms with van der Waals surface area (Å²) >= 11 is 0. The van der Waals surface area contributed by atoms with E-state index in [1.54, 1.807) is 41.3 Å². The van der Waals surface area contributed by atoms with Gasteiger partial charge in [0.2, 0.25) is 5.91 Å². The Hall–Kier alpha value is -3.49. The molecule has 2 amide bonds. The van der Waals surface area contributed by atoms with E-state index in [0.717, 1.165) is 12.3 Å². The van der Waals surface area contributed by atoms with Crippen LogP contribution < -0.4 is 15.0 Å². The van der Waals surface area contributed by atoms with E-state index < -0.39 is 5.97 Å². The molecular weight excluding hydrogens is 410 g/mol. The number of hydrogen-bond donors (Lipinski definition) is 1. The number of anilines is 1. The zero-order valence-corrected chi connectivity index (χ0v) is 17.9. The van der Waals surface area contributed by atoms with Crippen LogP contribution in [0.3, 0.4) is 0 Å². The lowest BCUT2D eigenvalue weighted by Crippen LogP contribution is -2.49. The lowest BCUT2D eigenvalue weighted by Gasteiger charge is -2.35. The quantitative estimate of drug-likeness (QED) is 0.380. The number of amides is 2. The van der Waals surface area contributed by atoms with Gasteiger partial charge in [0.1, 0.15) is 12.2 Å². The predicted octanol–water partition coefficient (Wildman–Crippen LogP) is 1.65. The molecular formula is C23H27N5O4. The first-order valence-electron chi connectivity index (χ1n) is 11.0. The highest BCUT2D eigenvalue weighted by molar-refractivity contribution is 5.95. The Morgan fingerprint density at radius 2 is 1.72 bits per heavy atom. The molecule has 1 aliphatic carbocycles. The van der Waals surface area contributed by atoms with Crippen molar-refractivity contribution in [3.63, 3.8) is 0 Å². The molecule has 1 saturated carbocycles. The van der Waals surface area contributed by atoms with Crippen molar-refractivity contribution in [3.8, 4) is 5.75 Å². The van der Waals surface area contributed by atoms with Gasteiger partial charge in [-0.2, -0.15) is 0 Å². The lowest BCUT2D eigenvalue weighted by molar-refractivity contribution is -0.142. The number of esters is 1. The van der Waals surface area contributed by atoms with Gasteiger partial charge in [0, 0.05) is 32.7 Å². The van der Waals surface area contributed by atoms with Crippen LogP contribution in [0, 0.1) is 5.92 Å². The number of carbonyl (C=O) groups is 3. The Bertz CT molecular complexity index is 939. The topological polar surface area (TPSA) is 105 Å². The summed E-state index contributed by atoms with van der Waals surface area (Å²) < 4.78 is 5.19. The molecule has 1 aromatic carbocycles. The van der Waals surface area contributed by atoms with Crippen molar-refractivity contribution in [2.24, 2.45) is 5.92 Å². The normalized spacial score (nSPS) is 15.9. The van der Waals surface area contributed by atoms with Gasteiger partial charge in [-0.3, -0.25) is 14.4 Å². The lowest BCUT2D eigenvalue weighted by atomic mass is 10.2. The highest BCUT2D eigenvalue weighted by Gasteiger charge is 2.25. The maximum atomic E-state index is 12.4. The second-order valence-electron chi connectivity index (χ2n) is 8.10. The third-order valence-electron chi connectivity index (χ3n) is 5.64. The average Bonchev–Trinajstić information content (AvgIpc) is 3.64. The third-order valence-corrected chi connectivity index (χ3v) is 5.64. The Balaban J connectivity index is 1.21. The molecule has 1 saturated heterocycles. The summed E-state index contributed by atoms with van der Waals surface area (Å²) in [6, 6.07) is 12.1. The van der Waals surface area contributed by atoms with E-state index in [9.17, 15) is 14.4 Å². The number of rotatable bonds is 8. The largest absolute Gasteiger partial charge is 0.426 e. The monoisotopic (exact) mass is 437 g/mol. The molecule has 0 unspecified atom stereocenters. The van der Waals surface area contributed by atoms with Gasteiger partial charge in [0.15, 0.2) is 11.5 Å². The summed E-state index contributed by atoms with van der Waals surface area (Å²) in [5, 5.41) is 11.1. The van der Waals surface area contributed by atoms with Crippen molar-refractivity contribution < 1.29 is 19.1 Å². The second kappa shape index (κ2) is 10.2. The fourth-order valence-electron chi connectivity index (χ4n) is 3.58. The van der Waals surface area contributed by atoms with Gasteiger partial charge >= 0.3 is 5.97 Å². The van der Waals surface area contributed by atoms with Gasteiger partial charge in [-0.05, 0) is 36.6 Å². The molecule has 1 aromatic heterocycles. The third kappa shape index (κ3) is 6.03. The highest BCUT2D eigenvalue weighted by atomic mass is 16.5. The number of piperazine rings is 1. The average molecular weight is 438 g/mol. The Morgan fingerprint density at radius 1 is 0.969 bits per heavy atom. The maximum absolute atomic E-state index is 12.4. The van der Waals surface area contributed by atoms with Crippen LogP contribution in [0.2, 0.25) is 0 Å². The zero-order valence-electron chi connectivity index (χ0n) is 17.9. The number of nitrogens with zero attached hydrogens (tertiary/aromatic N) is 4. The van der Waals surface area contributed by atoms with E-state index in [1.165, 1.54) is 12.8 Å². The summed E-state index contributed by atoms with van der Waals surface area (Å²) in [6.07, 6.45) is 3.26. The van der Waals surface area contributed by atoms with E-state index in [1.807, 2.05) is 11.0 Å². The molecule has 0 bridgehead atoms. The molecule has 4 rings (SSSR count). The summed E-state index contributed by atoms with van der Waals surface area (Å²) in [5.74, 6) is 0.825. The van der Waals surface area contributed by atoms with Crippen molar-refractivity contribution >= 4 is 23.6 Å². The van der Waals surface area contributed by atoms with E-state index in [-0.39, 0.29) is 18.2 Å². The minimum absolute atomic E-state index is 0.206. The Morgan fingerprint density at radius 3 is 2.38 bits per heavy atom. The van der Waals surface area contributed by atoms with Crippen LogP contribution in [0.4, 0.5) is 5.82 Å². The maximum Gasteiger partial charge on any atom is 0.320 e. The van der Waals surface area contributed by atoms with Gasteiger partial charge in [0.25, 0.3) is 5.91 Å². The Labute approximate surface area is 186 Å². The predicted molar refractivity (Wildman–Crippen MR) is 117 cm³/mol. The number of carbonyl (C=O) groups excluding carboxylic acids is 3. The van der Waals surface area contributed by atoms with Crippen LogP contribution in [0.15, 0.2) is 42.5 Å². The minimum atomic E-state index is -0.569. The van der Waals surface area contributed by atoms with Crippen LogP contribution >= 0.6 is 0 Å². The van der Waals surface area contributed by atoms with E-state index in [4.69, 9.17) is 4.74 Å². The van der Waals surface area contributed by atoms with Crippen LogP contribution in [0.25, 0.3) is 0 Å². The number of ether oxygens (including phenoxy) is 1. The molecule has 2 fully saturated rings. The summed E-state index contributed by atoms with van der Waals surface area (Å²) in [7, 11) is 0. The highest BCUT2D eigenvalue weighted by Crippen LogP contribution is 2.31. The summed E-state index contributed by atoms with van der Waals surface area (Å²) in [5.41, 5.74) is 0.301. The molecule has 168 valence electrons. The molecule has 1 aliphatic heterocycles. The number of aromatic nitrogens is 2. The molecule has 2 aliphatic rings. The van der Waals surface area contributed by atoms with E-state index in [2.05, 4.69) is 15.5 Å². The van der Waals surface area contributed by atoms with Gasteiger partial charge < -0.3 is 19.9 Å². The van der Waals surface area contributed by atoms with Gasteiger partial charge in [-0.25, -0.2) is 0 Å². The fourth-order valence-corrected chi connectivity index (χ4v) is 3.58. The first-order chi connectivity index (χ1) is 15.6. The first-order valence-corrected chi connectivity index (χ1v) is 11.0. The summed E-state index contributed by atoms with van der Waals surface area (Å²) in [6.45, 7) is 2.76. The van der Waals surface area contributed by atoms with Crippen LogP contribution in [-0.4, -0.2) is 65.6 Å². The van der Waals surface area contributed by atoms with Crippen LogP contribution in [0.1, 0.15) is 36.2 Å². The SMILES string of the molecule is O=C(CC(=O)N1CCN(c2ccc(C(=O)NCCC3CC3)nn2)CC1)Oc1ccccc1. The van der Waals surface area contributed by atoms with Crippen LogP contribution in [-0.2, 0) is 9.59 Å². The molecule has 0 spiro atoms. The smallest absolute Gasteiger partial charge is 0.320 e. The number of para-hydroxylation sites is 1. The van der Waals surface area contributed by atoms with E-state index in [0.29, 0.717) is 50.0 Å². The summed E-state index contributed by atoms with van der Waals surface area (Å²) in [4.78, 5) is 40.2. The number of benzene rings is 1. The van der Waals surface area contributed by atoms with Crippen LogP contribution in [0.5, 0.6) is 5.75 Å². The minimum Gasteiger partial charge on any atom is -0.426 e. The van der Waals surface area contributed by atoms with Crippen molar-refractivity contribution in [2.45, 2.75) is 25.7 Å². The standard InChI is InChI=1S/C23H27N5O4/c29-21(16-22(30)32-18-4-2-1-3-5-18)28-14-12-27(13-15-28)20-9-8-19(25-26-20)23(31)24-11-10-17-6-7-17/h1-5,8-9,17H,6-7,10-16H2,(H,24,31). The molecule has 0 radical (unpaired) electrons. The molecule has 9 heteroatoms. The second-order valence-corrected chi connectivity index (χ2v) is 8.10. The molecule has 2 aromatic rings. The van der Waals surface area contributed by atoms with Gasteiger partial charge in [0.05, 0.1) is 0 Å². The van der Waals surface area contributed by atoms with Crippen molar-refractivity contribution in [2.75, 3.05) is 37.6 Å². The number of nitrogens with one attached hydrogen (secondary N) is 1. The van der Waals surface area contributed by atoms with E-state index >= 15 is 0 Å². The van der Waals surface area contributed by atoms with Gasteiger partial charge in [-0.15, -0.1) is 10.2 Å². The molecule has 0 atom stereocenters. The number of hydrogen-bond acceptors (Lipinski definition) is 7. The molecule has 2 heterocycles. The van der Waals surface area contributed by atoms with Crippen molar-refractivity contribution in [1.29, 1.82) is 0 Å². The molecule has 9 nitrogen and oxygen atoms in total. The fraction of sp³-hybridized carbons (Fsp3) is 0.435. The Kier molecular flexibility index (Phi) is 6.94. The van der Waals surface area contributed by atoms with Gasteiger partial charge in [-0.1, -0.05) is 31.0 Å². The first kappa shape index (κ1) is 21.7. The van der Waals surface area contributed by atoms with Crippen molar-refractivity contribution in [3.05, 3.63) is 48.2 Å².